The Morgan fingerprint density at radius 3 is 1.55 bits per heavy atom. The van der Waals surface area contributed by atoms with Crippen molar-refractivity contribution in [2.45, 2.75) is 13.8 Å². The summed E-state index contributed by atoms with van der Waals surface area (Å²) in [6, 6.07) is 30.2. The molecule has 230 valence electrons. The van der Waals surface area contributed by atoms with Crippen LogP contribution in [0.25, 0.3) is 41.6 Å². The number of fused-ring (bicyclic) bond motifs is 2. The van der Waals surface area contributed by atoms with E-state index in [2.05, 4.69) is 22.8 Å². The number of benzene rings is 5. The molecule has 0 fully saturated rings. The maximum absolute atomic E-state index is 13.4. The number of carbonyl (C=O) groups excluding carboxylic acids is 2. The van der Waals surface area contributed by atoms with E-state index in [-0.39, 0.29) is 16.8 Å². The molecule has 5 aromatic carbocycles. The van der Waals surface area contributed by atoms with Crippen LogP contribution in [-0.2, 0) is 0 Å². The molecule has 11 heteroatoms. The number of hydrogen-bond acceptors (Lipinski definition) is 8. The van der Waals surface area contributed by atoms with Crippen LogP contribution in [0.3, 0.4) is 0 Å². The van der Waals surface area contributed by atoms with Gasteiger partial charge in [-0.25, -0.2) is 9.97 Å². The third-order valence-electron chi connectivity index (χ3n) is 7.57. The van der Waals surface area contributed by atoms with E-state index in [9.17, 15) is 19.7 Å². The van der Waals surface area contributed by atoms with Gasteiger partial charge in [0.05, 0.1) is 36.5 Å². The molecule has 2 heterocycles. The van der Waals surface area contributed by atoms with Crippen molar-refractivity contribution >= 4 is 72.0 Å². The Labute approximate surface area is 276 Å². The SMILES string of the molecule is Cc1ccc2nc(-c3ccc(NC(=O)c4ccc([N+](=O)[O-])cc4C(=O)Nc4ccc(-c5nc6ccc(C)cc6s5)cc4)cc3)sc2c1. The molecule has 0 atom stereocenters. The van der Waals surface area contributed by atoms with Crippen LogP contribution in [0.5, 0.6) is 0 Å². The van der Waals surface area contributed by atoms with E-state index in [1.165, 1.54) is 17.7 Å². The van der Waals surface area contributed by atoms with Gasteiger partial charge in [0.15, 0.2) is 0 Å². The van der Waals surface area contributed by atoms with E-state index in [1.807, 2.05) is 62.4 Å². The molecule has 47 heavy (non-hydrogen) atoms. The molecule has 0 aliphatic heterocycles. The molecule has 9 nitrogen and oxygen atoms in total. The van der Waals surface area contributed by atoms with Crippen LogP contribution >= 0.6 is 22.7 Å². The predicted octanol–water partition coefficient (Wildman–Crippen LogP) is 9.27. The number of aryl methyl sites for hydroxylation is 2. The molecule has 0 saturated heterocycles. The van der Waals surface area contributed by atoms with Crippen molar-refractivity contribution in [3.8, 4) is 21.1 Å². The number of nitrogens with one attached hydrogen (secondary N) is 2. The first-order valence-corrected chi connectivity index (χ1v) is 16.2. The second kappa shape index (κ2) is 12.2. The van der Waals surface area contributed by atoms with E-state index >= 15 is 0 Å². The van der Waals surface area contributed by atoms with Gasteiger partial charge in [-0.2, -0.15) is 0 Å². The van der Waals surface area contributed by atoms with Gasteiger partial charge in [0.2, 0.25) is 0 Å². The maximum atomic E-state index is 13.4. The first-order chi connectivity index (χ1) is 22.7. The molecular weight excluding hydrogens is 631 g/mol. The Hall–Kier alpha value is -5.78. The number of hydrogen-bond donors (Lipinski definition) is 2. The van der Waals surface area contributed by atoms with Crippen LogP contribution in [-0.4, -0.2) is 26.7 Å². The van der Waals surface area contributed by atoms with Gasteiger partial charge >= 0.3 is 0 Å². The van der Waals surface area contributed by atoms with Crippen molar-refractivity contribution in [2.24, 2.45) is 0 Å². The van der Waals surface area contributed by atoms with Crippen molar-refractivity contribution in [2.75, 3.05) is 10.6 Å². The lowest BCUT2D eigenvalue weighted by atomic mass is 10.0. The molecule has 0 unspecified atom stereocenters. The van der Waals surface area contributed by atoms with Crippen molar-refractivity contribution in [3.05, 3.63) is 135 Å². The second-order valence-electron chi connectivity index (χ2n) is 11.0. The van der Waals surface area contributed by atoms with E-state index in [0.717, 1.165) is 53.2 Å². The third-order valence-corrected chi connectivity index (χ3v) is 9.71. The number of aromatic nitrogens is 2. The van der Waals surface area contributed by atoms with Crippen molar-refractivity contribution in [3.63, 3.8) is 0 Å². The molecule has 0 bridgehead atoms. The molecule has 2 N–H and O–H groups in total. The van der Waals surface area contributed by atoms with Gasteiger partial charge in [-0.3, -0.25) is 19.7 Å². The summed E-state index contributed by atoms with van der Waals surface area (Å²) in [6.07, 6.45) is 0. The fraction of sp³-hybridized carbons (Fsp3) is 0.0556. The summed E-state index contributed by atoms with van der Waals surface area (Å²) in [6.45, 7) is 4.08. The molecule has 0 spiro atoms. The number of non-ortho nitro benzene ring substituents is 1. The number of anilines is 2. The Kier molecular flexibility index (Phi) is 7.76. The van der Waals surface area contributed by atoms with Gasteiger partial charge in [-0.05, 0) is 104 Å². The predicted molar refractivity (Wildman–Crippen MR) is 189 cm³/mol. The number of nitro groups is 1. The maximum Gasteiger partial charge on any atom is 0.270 e. The molecule has 0 radical (unpaired) electrons. The average molecular weight is 656 g/mol. The minimum Gasteiger partial charge on any atom is -0.322 e. The largest absolute Gasteiger partial charge is 0.322 e. The fourth-order valence-corrected chi connectivity index (χ4v) is 7.27. The molecule has 0 saturated carbocycles. The Bertz CT molecular complexity index is 2340. The van der Waals surface area contributed by atoms with Crippen LogP contribution < -0.4 is 10.6 Å². The quantitative estimate of drug-likeness (QED) is 0.130. The molecular formula is C36H25N5O4S2. The van der Waals surface area contributed by atoms with Crippen LogP contribution in [0.15, 0.2) is 103 Å². The second-order valence-corrected chi connectivity index (χ2v) is 13.1. The minimum absolute atomic E-state index is 0.000101. The van der Waals surface area contributed by atoms with Crippen LogP contribution in [0.4, 0.5) is 17.1 Å². The zero-order valence-corrected chi connectivity index (χ0v) is 26.7. The Morgan fingerprint density at radius 1 is 0.617 bits per heavy atom. The van der Waals surface area contributed by atoms with Crippen LogP contribution in [0.1, 0.15) is 31.8 Å². The van der Waals surface area contributed by atoms with Gasteiger partial charge < -0.3 is 10.6 Å². The van der Waals surface area contributed by atoms with Gasteiger partial charge in [0.25, 0.3) is 17.5 Å². The van der Waals surface area contributed by atoms with Crippen LogP contribution in [0.2, 0.25) is 0 Å². The highest BCUT2D eigenvalue weighted by Crippen LogP contribution is 2.33. The normalized spacial score (nSPS) is 11.1. The molecule has 2 aromatic heterocycles. The zero-order chi connectivity index (χ0) is 32.7. The third kappa shape index (κ3) is 6.22. The smallest absolute Gasteiger partial charge is 0.270 e. The summed E-state index contributed by atoms with van der Waals surface area (Å²) in [5, 5.41) is 18.8. The van der Waals surface area contributed by atoms with Gasteiger partial charge in [0.1, 0.15) is 10.0 Å². The summed E-state index contributed by atoms with van der Waals surface area (Å²) in [5.41, 5.74) is 6.51. The summed E-state index contributed by atoms with van der Waals surface area (Å²) in [5.74, 6) is -1.22. The summed E-state index contributed by atoms with van der Waals surface area (Å²) >= 11 is 3.17. The van der Waals surface area contributed by atoms with Crippen molar-refractivity contribution in [1.82, 2.24) is 9.97 Å². The number of carbonyl (C=O) groups is 2. The van der Waals surface area contributed by atoms with Gasteiger partial charge in [0, 0.05) is 34.6 Å². The molecule has 2 amide bonds. The standard InChI is InChI=1S/C36H25N5O4S2/c1-20-3-15-29-31(17-20)46-35(39-29)22-5-9-24(10-6-22)37-33(42)27-14-13-26(41(44)45)19-28(27)34(43)38-25-11-7-23(8-12-25)36-40-30-16-4-21(2)18-32(30)47-36/h3-19H,1-2H3,(H,37,42)(H,38,43). The summed E-state index contributed by atoms with van der Waals surface area (Å²) < 4.78 is 2.19. The number of nitro benzene ring substituents is 1. The lowest BCUT2D eigenvalue weighted by Gasteiger charge is -2.11. The van der Waals surface area contributed by atoms with Gasteiger partial charge in [-0.15, -0.1) is 22.7 Å². The Balaban J connectivity index is 1.09. The minimum atomic E-state index is -0.650. The fourth-order valence-electron chi connectivity index (χ4n) is 5.13. The first kappa shape index (κ1) is 29.9. The van der Waals surface area contributed by atoms with E-state index in [4.69, 9.17) is 9.97 Å². The molecule has 7 rings (SSSR count). The van der Waals surface area contributed by atoms with E-state index in [1.54, 1.807) is 46.9 Å². The van der Waals surface area contributed by atoms with Crippen molar-refractivity contribution in [1.29, 1.82) is 0 Å². The van der Waals surface area contributed by atoms with Crippen molar-refractivity contribution < 1.29 is 14.5 Å². The topological polar surface area (TPSA) is 127 Å². The molecule has 7 aromatic rings. The first-order valence-electron chi connectivity index (χ1n) is 14.6. The summed E-state index contributed by atoms with van der Waals surface area (Å²) in [4.78, 5) is 47.2. The van der Waals surface area contributed by atoms with E-state index < -0.39 is 16.7 Å². The summed E-state index contributed by atoms with van der Waals surface area (Å²) in [7, 11) is 0. The average Bonchev–Trinajstić information content (AvgIpc) is 3.69. The molecule has 0 aliphatic rings. The molecule has 0 aliphatic carbocycles. The lowest BCUT2D eigenvalue weighted by molar-refractivity contribution is -0.384. The van der Waals surface area contributed by atoms with Crippen LogP contribution in [0, 0.1) is 24.0 Å². The number of nitrogens with zero attached hydrogens (tertiary/aromatic N) is 3. The number of thiazole rings is 2. The van der Waals surface area contributed by atoms with E-state index in [0.29, 0.717) is 11.4 Å². The zero-order valence-electron chi connectivity index (χ0n) is 25.1. The van der Waals surface area contributed by atoms with Gasteiger partial charge in [-0.1, -0.05) is 12.1 Å². The lowest BCUT2D eigenvalue weighted by Crippen LogP contribution is -2.20. The Morgan fingerprint density at radius 2 is 1.09 bits per heavy atom. The highest BCUT2D eigenvalue weighted by molar-refractivity contribution is 7.22. The number of amides is 2. The monoisotopic (exact) mass is 655 g/mol. The highest BCUT2D eigenvalue weighted by Gasteiger charge is 2.22. The highest BCUT2D eigenvalue weighted by atomic mass is 32.1. The number of rotatable bonds is 7.